The quantitative estimate of drug-likeness (QED) is 0.871. The van der Waals surface area contributed by atoms with Crippen LogP contribution in [0.3, 0.4) is 0 Å². The Kier molecular flexibility index (Phi) is 4.01. The molecule has 0 fully saturated rings. The van der Waals surface area contributed by atoms with Crippen molar-refractivity contribution in [3.05, 3.63) is 46.3 Å². The van der Waals surface area contributed by atoms with Crippen molar-refractivity contribution in [1.82, 2.24) is 5.16 Å². The second-order valence-corrected chi connectivity index (χ2v) is 6.08. The zero-order valence-corrected chi connectivity index (χ0v) is 13.5. The van der Waals surface area contributed by atoms with E-state index in [1.807, 2.05) is 18.7 Å². The first kappa shape index (κ1) is 14.8. The van der Waals surface area contributed by atoms with E-state index in [0.29, 0.717) is 12.8 Å². The van der Waals surface area contributed by atoms with E-state index in [1.54, 1.807) is 0 Å². The summed E-state index contributed by atoms with van der Waals surface area (Å²) in [6, 6.07) is 6.36. The van der Waals surface area contributed by atoms with Gasteiger partial charge < -0.3 is 9.42 Å². The fourth-order valence-corrected chi connectivity index (χ4v) is 3.21. The number of fused-ring (bicyclic) bond motifs is 1. The Morgan fingerprint density at radius 3 is 2.86 bits per heavy atom. The van der Waals surface area contributed by atoms with Gasteiger partial charge in [0.25, 0.3) is 0 Å². The van der Waals surface area contributed by atoms with Crippen LogP contribution in [0.25, 0.3) is 0 Å². The molecule has 3 rings (SSSR count). The number of benzene rings is 1. The molecule has 1 aromatic heterocycles. The molecule has 0 N–H and O–H groups in total. The van der Waals surface area contributed by atoms with Crippen molar-refractivity contribution in [3.63, 3.8) is 0 Å². The lowest BCUT2D eigenvalue weighted by Crippen LogP contribution is -2.35. The summed E-state index contributed by atoms with van der Waals surface area (Å²) in [6.45, 7) is 6.74. The van der Waals surface area contributed by atoms with E-state index < -0.39 is 0 Å². The molecule has 0 bridgehead atoms. The van der Waals surface area contributed by atoms with Crippen LogP contribution < -0.4 is 4.90 Å². The molecule has 22 heavy (non-hydrogen) atoms. The van der Waals surface area contributed by atoms with E-state index in [-0.39, 0.29) is 5.91 Å². The number of hydrogen-bond acceptors (Lipinski definition) is 3. The predicted octanol–water partition coefficient (Wildman–Crippen LogP) is 3.51. The van der Waals surface area contributed by atoms with Gasteiger partial charge in [0.2, 0.25) is 5.91 Å². The highest BCUT2D eigenvalue weighted by atomic mass is 16.5. The van der Waals surface area contributed by atoms with Gasteiger partial charge >= 0.3 is 0 Å². The van der Waals surface area contributed by atoms with Crippen LogP contribution in [0.4, 0.5) is 5.69 Å². The van der Waals surface area contributed by atoms with Crippen LogP contribution >= 0.6 is 0 Å². The summed E-state index contributed by atoms with van der Waals surface area (Å²) >= 11 is 0. The summed E-state index contributed by atoms with van der Waals surface area (Å²) < 4.78 is 5.17. The monoisotopic (exact) mass is 298 g/mol. The first-order valence-electron chi connectivity index (χ1n) is 7.88. The lowest BCUT2D eigenvalue weighted by atomic mass is 9.98. The normalized spacial score (nSPS) is 14.0. The van der Waals surface area contributed by atoms with Gasteiger partial charge in [0, 0.05) is 24.2 Å². The number of carbonyl (C=O) groups excluding carboxylic acids is 1. The topological polar surface area (TPSA) is 46.3 Å². The standard InChI is InChI=1S/C18H22N2O2/c1-12-6-8-17-15(11-12)5-4-10-20(17)18(21)9-7-16-13(2)19-22-14(16)3/h6,8,11H,4-5,7,9-10H2,1-3H3. The van der Waals surface area contributed by atoms with Crippen LogP contribution in [-0.2, 0) is 17.6 Å². The van der Waals surface area contributed by atoms with Gasteiger partial charge in [-0.1, -0.05) is 22.9 Å². The van der Waals surface area contributed by atoms with Crippen molar-refractivity contribution in [2.75, 3.05) is 11.4 Å². The minimum absolute atomic E-state index is 0.185. The van der Waals surface area contributed by atoms with Crippen molar-refractivity contribution >= 4 is 11.6 Å². The number of aryl methyl sites for hydroxylation is 4. The summed E-state index contributed by atoms with van der Waals surface area (Å²) in [5, 5.41) is 3.95. The van der Waals surface area contributed by atoms with Gasteiger partial charge in [-0.15, -0.1) is 0 Å². The fraction of sp³-hybridized carbons (Fsp3) is 0.444. The average Bonchev–Trinajstić information content (AvgIpc) is 2.82. The van der Waals surface area contributed by atoms with E-state index in [4.69, 9.17) is 4.52 Å². The molecule has 4 nitrogen and oxygen atoms in total. The maximum atomic E-state index is 12.6. The number of anilines is 1. The molecule has 116 valence electrons. The Hall–Kier alpha value is -2.10. The van der Waals surface area contributed by atoms with Crippen LogP contribution in [0.2, 0.25) is 0 Å². The highest BCUT2D eigenvalue weighted by molar-refractivity contribution is 5.94. The number of aromatic nitrogens is 1. The number of hydrogen-bond donors (Lipinski definition) is 0. The summed E-state index contributed by atoms with van der Waals surface area (Å²) in [7, 11) is 0. The van der Waals surface area contributed by atoms with E-state index in [2.05, 4.69) is 30.3 Å². The molecule has 1 amide bonds. The van der Waals surface area contributed by atoms with Crippen LogP contribution in [0.5, 0.6) is 0 Å². The minimum atomic E-state index is 0.185. The zero-order valence-electron chi connectivity index (χ0n) is 13.5. The third-order valence-corrected chi connectivity index (χ3v) is 4.42. The summed E-state index contributed by atoms with van der Waals surface area (Å²) in [5.74, 6) is 1.00. The molecule has 2 aromatic rings. The van der Waals surface area contributed by atoms with Gasteiger partial charge in [-0.2, -0.15) is 0 Å². The number of amides is 1. The van der Waals surface area contributed by atoms with Crippen LogP contribution in [0.15, 0.2) is 22.7 Å². The summed E-state index contributed by atoms with van der Waals surface area (Å²) in [5.41, 5.74) is 5.58. The van der Waals surface area contributed by atoms with Gasteiger partial charge in [-0.3, -0.25) is 4.79 Å². The van der Waals surface area contributed by atoms with Crippen molar-refractivity contribution in [2.24, 2.45) is 0 Å². The number of nitrogens with zero attached hydrogens (tertiary/aromatic N) is 2. The Morgan fingerprint density at radius 1 is 1.32 bits per heavy atom. The third kappa shape index (κ3) is 2.78. The molecule has 1 aliphatic rings. The molecule has 1 aromatic carbocycles. The minimum Gasteiger partial charge on any atom is -0.361 e. The first-order valence-corrected chi connectivity index (χ1v) is 7.88. The molecular weight excluding hydrogens is 276 g/mol. The number of carbonyl (C=O) groups is 1. The van der Waals surface area contributed by atoms with Crippen molar-refractivity contribution < 1.29 is 9.32 Å². The lowest BCUT2D eigenvalue weighted by molar-refractivity contribution is -0.118. The van der Waals surface area contributed by atoms with Crippen LogP contribution in [-0.4, -0.2) is 17.6 Å². The summed E-state index contributed by atoms with van der Waals surface area (Å²) in [4.78, 5) is 14.6. The van der Waals surface area contributed by atoms with Gasteiger partial charge in [-0.05, 0) is 51.7 Å². The predicted molar refractivity (Wildman–Crippen MR) is 86.2 cm³/mol. The Morgan fingerprint density at radius 2 is 2.14 bits per heavy atom. The molecule has 0 unspecified atom stereocenters. The molecule has 0 radical (unpaired) electrons. The first-order chi connectivity index (χ1) is 10.6. The highest BCUT2D eigenvalue weighted by Crippen LogP contribution is 2.29. The second kappa shape index (κ2) is 5.95. The van der Waals surface area contributed by atoms with Crippen molar-refractivity contribution in [3.8, 4) is 0 Å². The lowest BCUT2D eigenvalue weighted by Gasteiger charge is -2.30. The molecule has 2 heterocycles. The van der Waals surface area contributed by atoms with Gasteiger partial charge in [0.15, 0.2) is 0 Å². The molecule has 0 saturated heterocycles. The average molecular weight is 298 g/mol. The molecule has 0 aliphatic carbocycles. The second-order valence-electron chi connectivity index (χ2n) is 6.08. The SMILES string of the molecule is Cc1ccc2c(c1)CCCN2C(=O)CCc1c(C)noc1C. The van der Waals surface area contributed by atoms with E-state index in [9.17, 15) is 4.79 Å². The molecule has 0 spiro atoms. The smallest absolute Gasteiger partial charge is 0.227 e. The van der Waals surface area contributed by atoms with Gasteiger partial charge in [0.05, 0.1) is 5.69 Å². The molecular formula is C18H22N2O2. The molecule has 1 aliphatic heterocycles. The van der Waals surface area contributed by atoms with E-state index in [0.717, 1.165) is 42.1 Å². The fourth-order valence-electron chi connectivity index (χ4n) is 3.21. The largest absolute Gasteiger partial charge is 0.361 e. The molecule has 0 saturated carbocycles. The zero-order chi connectivity index (χ0) is 15.7. The Balaban J connectivity index is 1.74. The maximum Gasteiger partial charge on any atom is 0.227 e. The van der Waals surface area contributed by atoms with Gasteiger partial charge in [0.1, 0.15) is 5.76 Å². The van der Waals surface area contributed by atoms with Crippen molar-refractivity contribution in [1.29, 1.82) is 0 Å². The number of rotatable bonds is 3. The van der Waals surface area contributed by atoms with Crippen LogP contribution in [0, 0.1) is 20.8 Å². The Labute approximate surface area is 131 Å². The van der Waals surface area contributed by atoms with E-state index in [1.165, 1.54) is 11.1 Å². The maximum absolute atomic E-state index is 12.6. The Bertz CT molecular complexity index is 684. The summed E-state index contributed by atoms with van der Waals surface area (Å²) in [6.07, 6.45) is 3.28. The molecule has 0 atom stereocenters. The third-order valence-electron chi connectivity index (χ3n) is 4.42. The van der Waals surface area contributed by atoms with Crippen LogP contribution in [0.1, 0.15) is 41.0 Å². The molecule has 4 heteroatoms. The van der Waals surface area contributed by atoms with Crippen molar-refractivity contribution in [2.45, 2.75) is 46.5 Å². The highest BCUT2D eigenvalue weighted by Gasteiger charge is 2.23. The van der Waals surface area contributed by atoms with E-state index >= 15 is 0 Å². The van der Waals surface area contributed by atoms with Gasteiger partial charge in [-0.25, -0.2) is 0 Å².